The Balaban J connectivity index is 0.00000176. The number of hydrogen-bond donors (Lipinski definition) is 0. The zero-order valence-electron chi connectivity index (χ0n) is 52.2. The molecular formula is C85H76N4ORu. The zero-order valence-corrected chi connectivity index (χ0v) is 53.9. The molecule has 0 radical (unpaired) electrons. The summed E-state index contributed by atoms with van der Waals surface area (Å²) in [4.78, 5) is 25.4. The van der Waals surface area contributed by atoms with E-state index in [1.54, 1.807) is 111 Å². The van der Waals surface area contributed by atoms with Gasteiger partial charge in [-0.1, -0.05) is 48.5 Å². The first-order valence-corrected chi connectivity index (χ1v) is 36.6. The van der Waals surface area contributed by atoms with Gasteiger partial charge in [0.1, 0.15) is 0 Å². The molecule has 16 aliphatic carbocycles. The molecule has 0 unspecified atom stereocenters. The largest absolute Gasteiger partial charge is 2.00 e. The molecule has 91 heavy (non-hydrogen) atoms. The van der Waals surface area contributed by atoms with Crippen LogP contribution in [0, 0.1) is 6.65 Å². The van der Waals surface area contributed by atoms with Crippen LogP contribution in [0.25, 0.3) is 90.9 Å². The van der Waals surface area contributed by atoms with Crippen molar-refractivity contribution in [2.24, 2.45) is 0 Å². The maximum Gasteiger partial charge on any atom is 2.00 e. The van der Waals surface area contributed by atoms with Crippen LogP contribution < -0.4 is 9.97 Å². The number of aromatic nitrogens is 4. The van der Waals surface area contributed by atoms with Gasteiger partial charge in [0.25, 0.3) is 0 Å². The summed E-state index contributed by atoms with van der Waals surface area (Å²) in [6.07, 6.45) is 41.8. The van der Waals surface area contributed by atoms with E-state index in [9.17, 15) is 0 Å². The quantitative estimate of drug-likeness (QED) is 0.1000. The fourth-order valence-electron chi connectivity index (χ4n) is 26.6. The van der Waals surface area contributed by atoms with Crippen LogP contribution in [0.5, 0.6) is 0 Å². The molecule has 3 aromatic heterocycles. The molecule has 7 aromatic rings. The van der Waals surface area contributed by atoms with Gasteiger partial charge < -0.3 is 9.97 Å². The van der Waals surface area contributed by atoms with E-state index in [1.165, 1.54) is 176 Å². The van der Waals surface area contributed by atoms with Crippen LogP contribution in [0.15, 0.2) is 48.5 Å². The first-order chi connectivity index (χ1) is 44.5. The second-order valence-corrected chi connectivity index (χ2v) is 33.0. The van der Waals surface area contributed by atoms with E-state index >= 15 is 0 Å². The van der Waals surface area contributed by atoms with Crippen molar-refractivity contribution < 1.29 is 24.1 Å². The molecule has 2 aliphatic heterocycles. The Kier molecular flexibility index (Phi) is 10.4. The summed E-state index contributed by atoms with van der Waals surface area (Å²) >= 11 is 0. The minimum Gasteiger partial charge on any atom is 2.00 e. The molecule has 8 saturated carbocycles. The molecule has 16 atom stereocenters. The topological polar surface area (TPSA) is 73.9 Å². The van der Waals surface area contributed by atoms with E-state index in [4.69, 9.17) is 24.6 Å². The molecule has 18 aliphatic rings. The van der Waals surface area contributed by atoms with Crippen LogP contribution in [0.3, 0.4) is 0 Å². The van der Waals surface area contributed by atoms with E-state index in [0.717, 1.165) is 44.8 Å². The van der Waals surface area contributed by atoms with E-state index in [0.29, 0.717) is 94.7 Å². The molecule has 5 heterocycles. The van der Waals surface area contributed by atoms with E-state index in [1.807, 2.05) is 0 Å². The van der Waals surface area contributed by atoms with E-state index in [2.05, 4.69) is 79.5 Å². The van der Waals surface area contributed by atoms with Gasteiger partial charge in [-0.2, -0.15) is 0 Å². The predicted octanol–water partition coefficient (Wildman–Crippen LogP) is 21.5. The Labute approximate surface area is 547 Å². The fourth-order valence-corrected chi connectivity index (χ4v) is 26.6. The molecule has 0 amide bonds. The average Bonchev–Trinajstić information content (AvgIpc) is 1.59. The van der Waals surface area contributed by atoms with Crippen LogP contribution in [0.1, 0.15) is 361 Å². The molecule has 0 saturated heterocycles. The smallest absolute Gasteiger partial charge is 2.00 e. The summed E-state index contributed by atoms with van der Waals surface area (Å²) in [5.74, 6) is 10.4. The molecule has 4 aromatic carbocycles. The van der Waals surface area contributed by atoms with Gasteiger partial charge in [-0.25, -0.2) is 9.97 Å². The van der Waals surface area contributed by atoms with Gasteiger partial charge in [-0.05, 0) is 401 Å². The van der Waals surface area contributed by atoms with Crippen molar-refractivity contribution >= 4 is 46.4 Å². The van der Waals surface area contributed by atoms with Gasteiger partial charge in [-0.3, -0.25) is 0 Å². The molecule has 6 heteroatoms. The summed E-state index contributed by atoms with van der Waals surface area (Å²) in [5, 5.41) is 0. The number of fused-ring (bicyclic) bond motifs is 48. The van der Waals surface area contributed by atoms with Crippen LogP contribution in [-0.2, 0) is 24.1 Å². The first-order valence-electron chi connectivity index (χ1n) is 36.6. The number of rotatable bonds is 4. The third-order valence-corrected chi connectivity index (χ3v) is 29.7. The van der Waals surface area contributed by atoms with E-state index in [-0.39, 0.29) is 19.5 Å². The zero-order chi connectivity index (χ0) is 58.0. The third kappa shape index (κ3) is 6.50. The van der Waals surface area contributed by atoms with Crippen molar-refractivity contribution in [3.05, 3.63) is 167 Å². The maximum absolute atomic E-state index is 7.50. The Morgan fingerprint density at radius 3 is 0.681 bits per heavy atom. The number of hydrogen-bond acceptors (Lipinski definition) is 2. The third-order valence-electron chi connectivity index (χ3n) is 29.7. The van der Waals surface area contributed by atoms with Crippen molar-refractivity contribution in [3.63, 3.8) is 0 Å². The average molecular weight is 1270 g/mol. The molecule has 0 spiro atoms. The standard InChI is InChI=1S/C84H76N4.CO.Ru/c1-9-45-25-37(1)53-33-54-38-2-10-46(26-38)70(54)81(69(45)53)77-61-17-19-63(85-61)78(82-71-47-11-3-39(27-47)55(71)34-56-40-4-12-48(28-40)72(56)82)65-21-23-67(87-65)80(84-75-51-15-7-43(31-51)59(75)36-60-44-8-16-52(32-44)76(60)84)68-24-22-66(88-68)79(64-20-18-62(77)86-64)83-73-49-13-5-41(29-49)57(73)35-58-42-6-14-50(30-42)74(58)83;1-2;/h17-24,33-52H,1-16,25-32H2;;/q-2;;+2/t37-,38-,39-,40-,41-,42-,43-,44-,45+,46+,47+,48+,49+,50+,51+,52+;;/m0../s1. The van der Waals surface area contributed by atoms with Crippen LogP contribution >= 0.6 is 0 Å². The van der Waals surface area contributed by atoms with Gasteiger partial charge >= 0.3 is 30.8 Å². The molecule has 24 bridgehead atoms. The van der Waals surface area contributed by atoms with Crippen molar-refractivity contribution in [1.82, 2.24) is 19.9 Å². The summed E-state index contributed by atoms with van der Waals surface area (Å²) < 4.78 is 7.50. The van der Waals surface area contributed by atoms with Crippen molar-refractivity contribution in [2.45, 2.75) is 249 Å². The molecule has 5 nitrogen and oxygen atoms in total. The van der Waals surface area contributed by atoms with Crippen LogP contribution in [-0.4, -0.2) is 9.97 Å². The second kappa shape index (κ2) is 18.2. The van der Waals surface area contributed by atoms with E-state index < -0.39 is 0 Å². The number of benzene rings is 4. The van der Waals surface area contributed by atoms with Gasteiger partial charge in [0.2, 0.25) is 0 Å². The molecule has 450 valence electrons. The fraction of sp³-hybridized carbons (Fsp3) is 0.471. The van der Waals surface area contributed by atoms with Gasteiger partial charge in [-0.15, -0.1) is 22.1 Å². The van der Waals surface area contributed by atoms with Crippen LogP contribution in [0.4, 0.5) is 0 Å². The summed E-state index contributed by atoms with van der Waals surface area (Å²) in [6.45, 7) is 4.50. The van der Waals surface area contributed by atoms with Gasteiger partial charge in [0.05, 0.1) is 22.8 Å². The summed E-state index contributed by atoms with van der Waals surface area (Å²) in [5.41, 5.74) is 47.9. The second-order valence-electron chi connectivity index (χ2n) is 33.0. The maximum atomic E-state index is 7.50. The summed E-state index contributed by atoms with van der Waals surface area (Å²) in [6, 6.07) is 21.2. The Hall–Kier alpha value is -6.16. The van der Waals surface area contributed by atoms with Gasteiger partial charge in [0.15, 0.2) is 0 Å². The normalized spacial score (nSPS) is 33.4. The monoisotopic (exact) mass is 1270 g/mol. The van der Waals surface area contributed by atoms with Crippen molar-refractivity contribution in [1.29, 1.82) is 0 Å². The minimum atomic E-state index is 0. The predicted molar refractivity (Wildman–Crippen MR) is 357 cm³/mol. The molecule has 0 N–H and O–H groups in total. The van der Waals surface area contributed by atoms with Gasteiger partial charge in [0, 0.05) is 5.56 Å². The minimum absolute atomic E-state index is 0. The molecule has 25 rings (SSSR count). The Bertz CT molecular complexity index is 4490. The summed E-state index contributed by atoms with van der Waals surface area (Å²) in [7, 11) is 0. The number of nitrogens with zero attached hydrogens (tertiary/aromatic N) is 4. The molecular weight excluding hydrogens is 1190 g/mol. The Morgan fingerprint density at radius 1 is 0.253 bits per heavy atom. The Morgan fingerprint density at radius 2 is 0.440 bits per heavy atom. The first kappa shape index (κ1) is 52.2. The van der Waals surface area contributed by atoms with Crippen LogP contribution in [0.2, 0.25) is 0 Å². The SMILES string of the molecule is C1=Cc2nc1c(-c1c3c(cc4c1[C@@H]1CC[C@H]4C1)[C@H]1CC[C@@H]3C1)c1nc(c(-c3c4c(cc5c3[C@@H]3CC[C@H]5C3)[C@H]3CC[C@@H]4C3)c3ccc([n-]3)c(-c3c4c(cc5c3[C@@H]3CC[C@H]5C3)[C@H]3CC[C@@H]4C3)c3ccc([n-]3)c2-c2c3c(cc4c2[C@@H]2CC[C@H]4C2)[C@H]2CC[C@@H]3C2)C=C1.[C-]#[O+].[Ru+2]. The van der Waals surface area contributed by atoms with Crippen molar-refractivity contribution in [2.75, 3.05) is 0 Å². The molecule has 8 fully saturated rings. The van der Waals surface area contributed by atoms with Crippen molar-refractivity contribution in [3.8, 4) is 44.5 Å².